The van der Waals surface area contributed by atoms with E-state index in [2.05, 4.69) is 4.98 Å². The van der Waals surface area contributed by atoms with Crippen molar-refractivity contribution in [2.24, 2.45) is 0 Å². The van der Waals surface area contributed by atoms with E-state index in [9.17, 15) is 4.79 Å². The van der Waals surface area contributed by atoms with Gasteiger partial charge in [-0.1, -0.05) is 0 Å². The van der Waals surface area contributed by atoms with Crippen LogP contribution in [0, 0.1) is 6.92 Å². The largest absolute Gasteiger partial charge is 0.479 e. The molecule has 0 aromatic carbocycles. The van der Waals surface area contributed by atoms with Crippen molar-refractivity contribution in [2.45, 2.75) is 25.4 Å². The quantitative estimate of drug-likeness (QED) is 0.809. The molecule has 1 unspecified atom stereocenters. The third-order valence-corrected chi connectivity index (χ3v) is 3.43. The molecule has 5 heteroatoms. The van der Waals surface area contributed by atoms with Crippen LogP contribution in [0.1, 0.15) is 23.5 Å². The maximum Gasteiger partial charge on any atom is 0.343 e. The monoisotopic (exact) mass is 213 g/mol. The Morgan fingerprint density at radius 2 is 2.57 bits per heavy atom. The maximum atomic E-state index is 11.2. The molecule has 2 heterocycles. The van der Waals surface area contributed by atoms with Crippen molar-refractivity contribution >= 4 is 17.3 Å². The SMILES string of the molecule is Cc1csc(C2(C(=O)O)CCCO2)n1. The number of rotatable bonds is 2. The van der Waals surface area contributed by atoms with Gasteiger partial charge < -0.3 is 9.84 Å². The van der Waals surface area contributed by atoms with Crippen molar-refractivity contribution in [1.82, 2.24) is 4.98 Å². The van der Waals surface area contributed by atoms with E-state index < -0.39 is 11.6 Å². The summed E-state index contributed by atoms with van der Waals surface area (Å²) in [5.74, 6) is -0.927. The highest BCUT2D eigenvalue weighted by atomic mass is 32.1. The summed E-state index contributed by atoms with van der Waals surface area (Å²) in [5, 5.41) is 11.6. The van der Waals surface area contributed by atoms with Crippen LogP contribution in [0.5, 0.6) is 0 Å². The average molecular weight is 213 g/mol. The van der Waals surface area contributed by atoms with Gasteiger partial charge in [0.2, 0.25) is 5.60 Å². The van der Waals surface area contributed by atoms with Gasteiger partial charge in [0, 0.05) is 17.7 Å². The molecule has 0 bridgehead atoms. The molecule has 1 aliphatic rings. The number of aromatic nitrogens is 1. The minimum Gasteiger partial charge on any atom is -0.479 e. The van der Waals surface area contributed by atoms with Crippen molar-refractivity contribution in [2.75, 3.05) is 6.61 Å². The summed E-state index contributed by atoms with van der Waals surface area (Å²) < 4.78 is 5.35. The highest BCUT2D eigenvalue weighted by molar-refractivity contribution is 7.10. The lowest BCUT2D eigenvalue weighted by molar-refractivity contribution is -0.161. The Morgan fingerprint density at radius 1 is 1.79 bits per heavy atom. The van der Waals surface area contributed by atoms with Crippen molar-refractivity contribution in [3.05, 3.63) is 16.1 Å². The van der Waals surface area contributed by atoms with Crippen LogP contribution in [0.2, 0.25) is 0 Å². The maximum absolute atomic E-state index is 11.2. The highest BCUT2D eigenvalue weighted by Crippen LogP contribution is 2.37. The minimum absolute atomic E-state index is 0.505. The summed E-state index contributed by atoms with van der Waals surface area (Å²) in [6, 6.07) is 0. The van der Waals surface area contributed by atoms with Gasteiger partial charge in [-0.25, -0.2) is 9.78 Å². The third-order valence-electron chi connectivity index (χ3n) is 2.33. The van der Waals surface area contributed by atoms with Crippen LogP contribution in [0.3, 0.4) is 0 Å². The molecule has 4 nitrogen and oxygen atoms in total. The van der Waals surface area contributed by atoms with Crippen LogP contribution >= 0.6 is 11.3 Å². The fourth-order valence-electron chi connectivity index (χ4n) is 1.61. The first-order valence-electron chi connectivity index (χ1n) is 4.45. The van der Waals surface area contributed by atoms with Gasteiger partial charge in [0.15, 0.2) is 0 Å². The number of carboxylic acid groups (broad SMARTS) is 1. The number of hydrogen-bond donors (Lipinski definition) is 1. The predicted molar refractivity (Wildman–Crippen MR) is 51.4 cm³/mol. The number of thiazole rings is 1. The molecule has 0 spiro atoms. The van der Waals surface area contributed by atoms with Crippen LogP contribution in [0.15, 0.2) is 5.38 Å². The number of aliphatic carboxylic acids is 1. The van der Waals surface area contributed by atoms with Gasteiger partial charge in [-0.15, -0.1) is 11.3 Å². The summed E-state index contributed by atoms with van der Waals surface area (Å²) in [7, 11) is 0. The zero-order valence-electron chi connectivity index (χ0n) is 7.82. The van der Waals surface area contributed by atoms with Crippen LogP contribution < -0.4 is 0 Å². The second-order valence-corrected chi connectivity index (χ2v) is 4.24. The Bertz CT molecular complexity index is 355. The Morgan fingerprint density at radius 3 is 3.00 bits per heavy atom. The smallest absolute Gasteiger partial charge is 0.343 e. The zero-order chi connectivity index (χ0) is 10.2. The molecule has 0 saturated carbocycles. The summed E-state index contributed by atoms with van der Waals surface area (Å²) in [6.07, 6.45) is 1.31. The molecular weight excluding hydrogens is 202 g/mol. The van der Waals surface area contributed by atoms with Gasteiger partial charge in [0.1, 0.15) is 5.01 Å². The van der Waals surface area contributed by atoms with Crippen molar-refractivity contribution in [3.8, 4) is 0 Å². The number of nitrogens with zero attached hydrogens (tertiary/aromatic N) is 1. The fraction of sp³-hybridized carbons (Fsp3) is 0.556. The normalized spacial score (nSPS) is 26.6. The lowest BCUT2D eigenvalue weighted by atomic mass is 10.0. The van der Waals surface area contributed by atoms with E-state index in [1.165, 1.54) is 11.3 Å². The number of ether oxygens (including phenoxy) is 1. The molecule has 2 rings (SSSR count). The van der Waals surface area contributed by atoms with Crippen molar-refractivity contribution < 1.29 is 14.6 Å². The standard InChI is InChI=1S/C9H11NO3S/c1-6-5-14-7(10-6)9(8(11)12)3-2-4-13-9/h5H,2-4H2,1H3,(H,11,12). The molecule has 76 valence electrons. The Hall–Kier alpha value is -0.940. The molecule has 14 heavy (non-hydrogen) atoms. The molecule has 1 saturated heterocycles. The highest BCUT2D eigenvalue weighted by Gasteiger charge is 2.47. The minimum atomic E-state index is -1.17. The van der Waals surface area contributed by atoms with E-state index in [4.69, 9.17) is 9.84 Å². The zero-order valence-corrected chi connectivity index (χ0v) is 8.63. The van der Waals surface area contributed by atoms with Gasteiger partial charge in [0.25, 0.3) is 0 Å². The number of aryl methyl sites for hydroxylation is 1. The van der Waals surface area contributed by atoms with Gasteiger partial charge >= 0.3 is 5.97 Å². The van der Waals surface area contributed by atoms with Gasteiger partial charge in [-0.05, 0) is 19.8 Å². The topological polar surface area (TPSA) is 59.4 Å². The van der Waals surface area contributed by atoms with Gasteiger partial charge in [0.05, 0.1) is 0 Å². The summed E-state index contributed by atoms with van der Waals surface area (Å²) >= 11 is 1.36. The number of hydrogen-bond acceptors (Lipinski definition) is 4. The molecular formula is C9H11NO3S. The average Bonchev–Trinajstić information content (AvgIpc) is 2.71. The Balaban J connectivity index is 2.41. The van der Waals surface area contributed by atoms with Crippen LogP contribution in [0.4, 0.5) is 0 Å². The first-order valence-corrected chi connectivity index (χ1v) is 5.33. The molecule has 0 amide bonds. The molecule has 1 aromatic rings. The third kappa shape index (κ3) is 1.33. The van der Waals surface area contributed by atoms with Gasteiger partial charge in [-0.3, -0.25) is 0 Å². The molecule has 0 aliphatic carbocycles. The van der Waals surface area contributed by atoms with E-state index in [1.54, 1.807) is 0 Å². The van der Waals surface area contributed by atoms with E-state index in [0.29, 0.717) is 18.0 Å². The van der Waals surface area contributed by atoms with Crippen LogP contribution in [-0.4, -0.2) is 22.7 Å². The fourth-order valence-corrected chi connectivity index (χ4v) is 2.58. The number of carboxylic acids is 1. The molecule has 1 N–H and O–H groups in total. The Labute approximate surface area is 85.5 Å². The van der Waals surface area contributed by atoms with Gasteiger partial charge in [-0.2, -0.15) is 0 Å². The molecule has 1 aliphatic heterocycles. The molecule has 0 radical (unpaired) electrons. The van der Waals surface area contributed by atoms with Crippen molar-refractivity contribution in [3.63, 3.8) is 0 Å². The van der Waals surface area contributed by atoms with E-state index in [1.807, 2.05) is 12.3 Å². The van der Waals surface area contributed by atoms with E-state index >= 15 is 0 Å². The summed E-state index contributed by atoms with van der Waals surface area (Å²) in [6.45, 7) is 2.36. The predicted octanol–water partition coefficient (Wildman–Crippen LogP) is 1.54. The van der Waals surface area contributed by atoms with Crippen molar-refractivity contribution in [1.29, 1.82) is 0 Å². The van der Waals surface area contributed by atoms with E-state index in [-0.39, 0.29) is 0 Å². The molecule has 1 fully saturated rings. The lowest BCUT2D eigenvalue weighted by Gasteiger charge is -2.19. The van der Waals surface area contributed by atoms with Crippen LogP contribution in [-0.2, 0) is 15.1 Å². The second kappa shape index (κ2) is 3.33. The number of carbonyl (C=O) groups is 1. The molecule has 1 atom stereocenters. The summed E-state index contributed by atoms with van der Waals surface area (Å²) in [4.78, 5) is 15.4. The Kier molecular flexibility index (Phi) is 2.28. The van der Waals surface area contributed by atoms with Crippen LogP contribution in [0.25, 0.3) is 0 Å². The first kappa shape index (κ1) is 9.61. The first-order chi connectivity index (χ1) is 6.65. The summed E-state index contributed by atoms with van der Waals surface area (Å²) in [5.41, 5.74) is -0.319. The second-order valence-electron chi connectivity index (χ2n) is 3.38. The lowest BCUT2D eigenvalue weighted by Crippen LogP contribution is -2.34. The van der Waals surface area contributed by atoms with E-state index in [0.717, 1.165) is 12.1 Å². The molecule has 1 aromatic heterocycles.